The van der Waals surface area contributed by atoms with Crippen molar-refractivity contribution >= 4 is 55.8 Å². The summed E-state index contributed by atoms with van der Waals surface area (Å²) < 4.78 is 7.21. The summed E-state index contributed by atoms with van der Waals surface area (Å²) >= 11 is 6.78. The smallest absolute Gasteiger partial charge is 0.328 e. The molecule has 1 aliphatic heterocycles. The Labute approximate surface area is 149 Å². The van der Waals surface area contributed by atoms with Crippen LogP contribution in [0.2, 0.25) is 0 Å². The first-order chi connectivity index (χ1) is 10.9. The minimum absolute atomic E-state index is 0.157. The average Bonchev–Trinajstić information content (AvgIpc) is 2.45. The van der Waals surface area contributed by atoms with Crippen LogP contribution in [0, 0.1) is 0 Å². The Bertz CT molecular complexity index is 679. The summed E-state index contributed by atoms with van der Waals surface area (Å²) in [6, 6.07) is 2.72. The Morgan fingerprint density at radius 1 is 1.13 bits per heavy atom. The number of urea groups is 1. The SMILES string of the molecule is CCCCOc1c(Br)cc(Br)cc1C=C1C(=O)NC(=O)NC1=O. The van der Waals surface area contributed by atoms with Crippen LogP contribution in [-0.2, 0) is 9.59 Å². The minimum Gasteiger partial charge on any atom is -0.492 e. The number of halogens is 2. The largest absolute Gasteiger partial charge is 0.492 e. The van der Waals surface area contributed by atoms with Gasteiger partial charge in [0, 0.05) is 10.0 Å². The van der Waals surface area contributed by atoms with Crippen molar-refractivity contribution in [2.75, 3.05) is 6.61 Å². The number of amides is 4. The molecule has 1 aromatic rings. The van der Waals surface area contributed by atoms with Gasteiger partial charge in [0.2, 0.25) is 0 Å². The van der Waals surface area contributed by atoms with Crippen molar-refractivity contribution in [2.45, 2.75) is 19.8 Å². The highest BCUT2D eigenvalue weighted by Crippen LogP contribution is 2.34. The first-order valence-corrected chi connectivity index (χ1v) is 8.51. The predicted molar refractivity (Wildman–Crippen MR) is 91.9 cm³/mol. The van der Waals surface area contributed by atoms with Gasteiger partial charge in [-0.3, -0.25) is 20.2 Å². The van der Waals surface area contributed by atoms with Crippen molar-refractivity contribution in [1.29, 1.82) is 0 Å². The van der Waals surface area contributed by atoms with Crippen LogP contribution in [0.15, 0.2) is 26.7 Å². The number of ether oxygens (including phenoxy) is 1. The lowest BCUT2D eigenvalue weighted by Gasteiger charge is -2.16. The molecule has 4 amide bonds. The second-order valence-electron chi connectivity index (χ2n) is 4.80. The molecule has 8 heteroatoms. The zero-order valence-corrected chi connectivity index (χ0v) is 15.4. The highest BCUT2D eigenvalue weighted by molar-refractivity contribution is 9.11. The predicted octanol–water partition coefficient (Wildman–Crippen LogP) is 3.14. The van der Waals surface area contributed by atoms with Gasteiger partial charge in [-0.1, -0.05) is 29.3 Å². The number of unbranched alkanes of at least 4 members (excludes halogenated alkanes) is 1. The number of carbonyl (C=O) groups is 3. The lowest BCUT2D eigenvalue weighted by Crippen LogP contribution is -2.51. The lowest BCUT2D eigenvalue weighted by atomic mass is 10.1. The van der Waals surface area contributed by atoms with Gasteiger partial charge in [0.05, 0.1) is 11.1 Å². The normalized spacial score (nSPS) is 14.4. The summed E-state index contributed by atoms with van der Waals surface area (Å²) in [5, 5.41) is 4.08. The number of nitrogens with one attached hydrogen (secondary N) is 2. The van der Waals surface area contributed by atoms with Crippen LogP contribution in [0.25, 0.3) is 6.08 Å². The third-order valence-electron chi connectivity index (χ3n) is 3.02. The van der Waals surface area contributed by atoms with Gasteiger partial charge in [0.25, 0.3) is 11.8 Å². The molecule has 0 radical (unpaired) electrons. The fourth-order valence-corrected chi connectivity index (χ4v) is 3.29. The number of rotatable bonds is 5. The van der Waals surface area contributed by atoms with Gasteiger partial charge in [-0.2, -0.15) is 0 Å². The van der Waals surface area contributed by atoms with Crippen molar-refractivity contribution in [1.82, 2.24) is 10.6 Å². The van der Waals surface area contributed by atoms with E-state index < -0.39 is 17.8 Å². The van der Waals surface area contributed by atoms with Gasteiger partial charge in [-0.05, 0) is 40.6 Å². The molecule has 1 aromatic carbocycles. The number of imide groups is 2. The van der Waals surface area contributed by atoms with E-state index in [0.717, 1.165) is 17.3 Å². The Kier molecular flexibility index (Phi) is 5.95. The fourth-order valence-electron chi connectivity index (χ4n) is 1.92. The molecule has 0 spiro atoms. The topological polar surface area (TPSA) is 84.5 Å². The standard InChI is InChI=1S/C15H14Br2N2O4/c1-2-3-4-23-12-8(5-9(16)7-11(12)17)6-10-13(20)18-15(22)19-14(10)21/h5-7H,2-4H2,1H3,(H2,18,19,20,21,22). The molecule has 1 fully saturated rings. The summed E-state index contributed by atoms with van der Waals surface area (Å²) in [5.41, 5.74) is 0.395. The summed E-state index contributed by atoms with van der Waals surface area (Å²) in [7, 11) is 0. The quantitative estimate of drug-likeness (QED) is 0.414. The minimum atomic E-state index is -0.827. The van der Waals surface area contributed by atoms with E-state index in [1.165, 1.54) is 6.08 Å². The maximum absolute atomic E-state index is 11.8. The van der Waals surface area contributed by atoms with E-state index in [1.807, 2.05) is 16.7 Å². The van der Waals surface area contributed by atoms with Crippen LogP contribution in [0.5, 0.6) is 5.75 Å². The maximum atomic E-state index is 11.8. The molecule has 0 saturated carbocycles. The van der Waals surface area contributed by atoms with Crippen LogP contribution in [0.1, 0.15) is 25.3 Å². The molecule has 1 aliphatic rings. The Balaban J connectivity index is 2.41. The van der Waals surface area contributed by atoms with Gasteiger partial charge >= 0.3 is 6.03 Å². The highest BCUT2D eigenvalue weighted by Gasteiger charge is 2.28. The summed E-state index contributed by atoms with van der Waals surface area (Å²) in [6.45, 7) is 2.57. The van der Waals surface area contributed by atoms with Crippen LogP contribution < -0.4 is 15.4 Å². The first-order valence-electron chi connectivity index (χ1n) is 6.92. The van der Waals surface area contributed by atoms with Gasteiger partial charge in [-0.15, -0.1) is 0 Å². The van der Waals surface area contributed by atoms with E-state index in [0.29, 0.717) is 22.4 Å². The monoisotopic (exact) mass is 444 g/mol. The third-order valence-corrected chi connectivity index (χ3v) is 4.07. The van der Waals surface area contributed by atoms with E-state index in [-0.39, 0.29) is 5.57 Å². The molecule has 0 aliphatic carbocycles. The van der Waals surface area contributed by atoms with Crippen LogP contribution in [0.3, 0.4) is 0 Å². The molecule has 23 heavy (non-hydrogen) atoms. The zero-order valence-electron chi connectivity index (χ0n) is 12.2. The van der Waals surface area contributed by atoms with Gasteiger partial charge in [0.1, 0.15) is 11.3 Å². The second kappa shape index (κ2) is 7.74. The average molecular weight is 446 g/mol. The van der Waals surface area contributed by atoms with E-state index in [2.05, 4.69) is 38.8 Å². The molecule has 122 valence electrons. The lowest BCUT2D eigenvalue weighted by molar-refractivity contribution is -0.123. The van der Waals surface area contributed by atoms with E-state index in [1.54, 1.807) is 6.07 Å². The first kappa shape index (κ1) is 17.7. The van der Waals surface area contributed by atoms with E-state index in [4.69, 9.17) is 4.74 Å². The third kappa shape index (κ3) is 4.42. The van der Waals surface area contributed by atoms with Crippen LogP contribution >= 0.6 is 31.9 Å². The molecule has 2 rings (SSSR count). The molecule has 1 heterocycles. The summed E-state index contributed by atoms with van der Waals surface area (Å²) in [6.07, 6.45) is 3.26. The van der Waals surface area contributed by atoms with Crippen molar-refractivity contribution in [2.24, 2.45) is 0 Å². The molecule has 0 aromatic heterocycles. The second-order valence-corrected chi connectivity index (χ2v) is 6.57. The Hall–Kier alpha value is -1.67. The molecule has 6 nitrogen and oxygen atoms in total. The van der Waals surface area contributed by atoms with E-state index >= 15 is 0 Å². The van der Waals surface area contributed by atoms with Crippen molar-refractivity contribution in [3.63, 3.8) is 0 Å². The number of carbonyl (C=O) groups excluding carboxylic acids is 3. The van der Waals surface area contributed by atoms with Gasteiger partial charge < -0.3 is 4.74 Å². The molecule has 0 atom stereocenters. The van der Waals surface area contributed by atoms with Crippen LogP contribution in [0.4, 0.5) is 4.79 Å². The molecule has 0 unspecified atom stereocenters. The molecule has 1 saturated heterocycles. The van der Waals surface area contributed by atoms with Gasteiger partial charge in [0.15, 0.2) is 0 Å². The maximum Gasteiger partial charge on any atom is 0.328 e. The molecular formula is C15H14Br2N2O4. The van der Waals surface area contributed by atoms with Crippen molar-refractivity contribution in [3.05, 3.63) is 32.2 Å². The number of hydrogen-bond acceptors (Lipinski definition) is 4. The Morgan fingerprint density at radius 2 is 1.78 bits per heavy atom. The highest BCUT2D eigenvalue weighted by atomic mass is 79.9. The molecule has 0 bridgehead atoms. The van der Waals surface area contributed by atoms with Crippen molar-refractivity contribution < 1.29 is 19.1 Å². The van der Waals surface area contributed by atoms with Crippen molar-refractivity contribution in [3.8, 4) is 5.75 Å². The van der Waals surface area contributed by atoms with Crippen LogP contribution in [-0.4, -0.2) is 24.5 Å². The zero-order chi connectivity index (χ0) is 17.0. The molecule has 2 N–H and O–H groups in total. The summed E-state index contributed by atoms with van der Waals surface area (Å²) in [4.78, 5) is 34.8. The number of benzene rings is 1. The van der Waals surface area contributed by atoms with E-state index in [9.17, 15) is 14.4 Å². The summed E-state index contributed by atoms with van der Waals surface area (Å²) in [5.74, 6) is -0.949. The number of hydrogen-bond donors (Lipinski definition) is 2. The Morgan fingerprint density at radius 3 is 2.39 bits per heavy atom. The number of barbiturate groups is 1. The fraction of sp³-hybridized carbons (Fsp3) is 0.267. The van der Waals surface area contributed by atoms with Gasteiger partial charge in [-0.25, -0.2) is 4.79 Å². The molecular weight excluding hydrogens is 432 g/mol.